The zero-order valence-corrected chi connectivity index (χ0v) is 20.6. The number of thioether (sulfide) groups is 1. The van der Waals surface area contributed by atoms with E-state index in [-0.39, 0.29) is 23.8 Å². The SMILES string of the molecule is CCOC(=O)c1c(NC(=O)CSc2ccc(NC(=O)/C=C(\C)C(=O)O)cc2)sc2c1CCCC2. The van der Waals surface area contributed by atoms with Crippen LogP contribution in [0.3, 0.4) is 0 Å². The molecule has 0 radical (unpaired) electrons. The second-order valence-electron chi connectivity index (χ2n) is 7.62. The van der Waals surface area contributed by atoms with E-state index in [1.807, 2.05) is 0 Å². The van der Waals surface area contributed by atoms with Crippen LogP contribution in [0.2, 0.25) is 0 Å². The lowest BCUT2D eigenvalue weighted by Gasteiger charge is -2.12. The van der Waals surface area contributed by atoms with Gasteiger partial charge in [-0.15, -0.1) is 23.1 Å². The summed E-state index contributed by atoms with van der Waals surface area (Å²) >= 11 is 2.78. The Labute approximate surface area is 205 Å². The van der Waals surface area contributed by atoms with E-state index in [9.17, 15) is 19.2 Å². The van der Waals surface area contributed by atoms with Crippen molar-refractivity contribution in [2.45, 2.75) is 44.4 Å². The van der Waals surface area contributed by atoms with E-state index in [0.29, 0.717) is 16.3 Å². The summed E-state index contributed by atoms with van der Waals surface area (Å²) in [6.45, 7) is 3.38. The molecular formula is C24H26N2O6S2. The topological polar surface area (TPSA) is 122 Å². The molecule has 1 aliphatic carbocycles. The molecule has 0 saturated heterocycles. The largest absolute Gasteiger partial charge is 0.478 e. The number of fused-ring (bicyclic) bond motifs is 1. The van der Waals surface area contributed by atoms with E-state index < -0.39 is 17.8 Å². The molecular weight excluding hydrogens is 476 g/mol. The van der Waals surface area contributed by atoms with Gasteiger partial charge in [0.25, 0.3) is 0 Å². The van der Waals surface area contributed by atoms with Crippen LogP contribution < -0.4 is 10.6 Å². The van der Waals surface area contributed by atoms with Gasteiger partial charge in [0, 0.05) is 27.1 Å². The molecule has 2 aromatic rings. The average Bonchev–Trinajstić information content (AvgIpc) is 3.16. The monoisotopic (exact) mass is 502 g/mol. The van der Waals surface area contributed by atoms with Gasteiger partial charge in [-0.05, 0) is 69.4 Å². The number of benzene rings is 1. The Morgan fingerprint density at radius 1 is 1.12 bits per heavy atom. The van der Waals surface area contributed by atoms with Crippen molar-refractivity contribution in [2.75, 3.05) is 23.0 Å². The number of carbonyl (C=O) groups is 4. The van der Waals surface area contributed by atoms with E-state index in [1.165, 1.54) is 30.0 Å². The van der Waals surface area contributed by atoms with Gasteiger partial charge in [-0.1, -0.05) is 0 Å². The quantitative estimate of drug-likeness (QED) is 0.262. The molecule has 0 saturated carbocycles. The van der Waals surface area contributed by atoms with Crippen molar-refractivity contribution < 1.29 is 29.0 Å². The van der Waals surface area contributed by atoms with Crippen LogP contribution in [0, 0.1) is 0 Å². The Hall–Kier alpha value is -3.11. The molecule has 1 aliphatic rings. The van der Waals surface area contributed by atoms with Gasteiger partial charge in [0.2, 0.25) is 11.8 Å². The number of hydrogen-bond acceptors (Lipinski definition) is 7. The van der Waals surface area contributed by atoms with Gasteiger partial charge in [-0.2, -0.15) is 0 Å². The van der Waals surface area contributed by atoms with Crippen molar-refractivity contribution in [3.05, 3.63) is 51.9 Å². The zero-order valence-electron chi connectivity index (χ0n) is 18.9. The lowest BCUT2D eigenvalue weighted by atomic mass is 9.95. The van der Waals surface area contributed by atoms with Gasteiger partial charge in [0.1, 0.15) is 5.00 Å². The van der Waals surface area contributed by atoms with Crippen LogP contribution in [-0.4, -0.2) is 41.2 Å². The molecule has 1 heterocycles. The fourth-order valence-corrected chi connectivity index (χ4v) is 5.45. The molecule has 0 unspecified atom stereocenters. The van der Waals surface area contributed by atoms with Gasteiger partial charge < -0.3 is 20.5 Å². The molecule has 3 N–H and O–H groups in total. The number of aliphatic carboxylic acids is 1. The summed E-state index contributed by atoms with van der Waals surface area (Å²) in [4.78, 5) is 49.8. The van der Waals surface area contributed by atoms with Crippen LogP contribution in [0.4, 0.5) is 10.7 Å². The summed E-state index contributed by atoms with van der Waals surface area (Å²) in [5, 5.41) is 14.9. The maximum Gasteiger partial charge on any atom is 0.341 e. The van der Waals surface area contributed by atoms with Gasteiger partial charge in [-0.3, -0.25) is 9.59 Å². The number of carbonyl (C=O) groups excluding carboxylic acids is 3. The summed E-state index contributed by atoms with van der Waals surface area (Å²) in [6.07, 6.45) is 4.84. The summed E-state index contributed by atoms with van der Waals surface area (Å²) in [6, 6.07) is 6.87. The Kier molecular flexibility index (Phi) is 8.89. The number of aryl methyl sites for hydroxylation is 1. The van der Waals surface area contributed by atoms with Crippen LogP contribution in [0.5, 0.6) is 0 Å². The molecule has 0 fully saturated rings. The Morgan fingerprint density at radius 2 is 1.82 bits per heavy atom. The molecule has 0 atom stereocenters. The Bertz CT molecular complexity index is 1120. The number of carboxylic acid groups (broad SMARTS) is 1. The van der Waals surface area contributed by atoms with Crippen LogP contribution in [0.15, 0.2) is 40.8 Å². The van der Waals surface area contributed by atoms with Crippen LogP contribution in [0.1, 0.15) is 47.5 Å². The fraction of sp³-hybridized carbons (Fsp3) is 0.333. The third kappa shape index (κ3) is 6.71. The first-order valence-corrected chi connectivity index (χ1v) is 12.7. The maximum atomic E-state index is 12.6. The van der Waals surface area contributed by atoms with Gasteiger partial charge in [-0.25, -0.2) is 9.59 Å². The van der Waals surface area contributed by atoms with E-state index in [1.54, 1.807) is 31.2 Å². The predicted molar refractivity (Wildman–Crippen MR) is 133 cm³/mol. The van der Waals surface area contributed by atoms with Crippen LogP contribution in [0.25, 0.3) is 0 Å². The van der Waals surface area contributed by atoms with E-state index >= 15 is 0 Å². The number of amides is 2. The number of rotatable bonds is 9. The molecule has 0 aliphatic heterocycles. The fourth-order valence-electron chi connectivity index (χ4n) is 3.46. The molecule has 3 rings (SSSR count). The molecule has 0 spiro atoms. The zero-order chi connectivity index (χ0) is 24.7. The Morgan fingerprint density at radius 3 is 2.50 bits per heavy atom. The van der Waals surface area contributed by atoms with Gasteiger partial charge >= 0.3 is 11.9 Å². The second kappa shape index (κ2) is 11.8. The summed E-state index contributed by atoms with van der Waals surface area (Å²) < 4.78 is 5.22. The standard InChI is InChI=1S/C24H26N2O6S2/c1-3-32-24(31)21-17-6-4-5-7-18(17)34-22(21)26-20(28)13-33-16-10-8-15(9-11-16)25-19(27)12-14(2)23(29)30/h8-12H,3-7,13H2,1-2H3,(H,25,27)(H,26,28)(H,29,30)/b14-12+. The minimum Gasteiger partial charge on any atom is -0.478 e. The van der Waals surface area contributed by atoms with Crippen molar-refractivity contribution in [2.24, 2.45) is 0 Å². The molecule has 1 aromatic heterocycles. The highest BCUT2D eigenvalue weighted by atomic mass is 32.2. The molecule has 2 amide bonds. The molecule has 34 heavy (non-hydrogen) atoms. The second-order valence-corrected chi connectivity index (χ2v) is 9.77. The normalized spacial score (nSPS) is 13.1. The third-order valence-electron chi connectivity index (χ3n) is 5.08. The first-order valence-electron chi connectivity index (χ1n) is 10.9. The number of ether oxygens (including phenoxy) is 1. The highest BCUT2D eigenvalue weighted by molar-refractivity contribution is 8.00. The maximum absolute atomic E-state index is 12.6. The molecule has 0 bridgehead atoms. The smallest absolute Gasteiger partial charge is 0.341 e. The average molecular weight is 503 g/mol. The molecule has 8 nitrogen and oxygen atoms in total. The number of anilines is 2. The van der Waals surface area contributed by atoms with E-state index in [4.69, 9.17) is 9.84 Å². The minimum absolute atomic E-state index is 0.0617. The molecule has 10 heteroatoms. The highest BCUT2D eigenvalue weighted by Gasteiger charge is 2.27. The summed E-state index contributed by atoms with van der Waals surface area (Å²) in [5.41, 5.74) is 1.95. The van der Waals surface area contributed by atoms with Crippen LogP contribution in [-0.2, 0) is 32.0 Å². The summed E-state index contributed by atoms with van der Waals surface area (Å²) in [7, 11) is 0. The molecule has 1 aromatic carbocycles. The Balaban J connectivity index is 1.59. The lowest BCUT2D eigenvalue weighted by molar-refractivity contribution is -0.132. The summed E-state index contributed by atoms with van der Waals surface area (Å²) in [5.74, 6) is -2.15. The minimum atomic E-state index is -1.16. The van der Waals surface area contributed by atoms with E-state index in [2.05, 4.69) is 10.6 Å². The first-order chi connectivity index (χ1) is 16.3. The predicted octanol–water partition coefficient (Wildman–Crippen LogP) is 4.50. The van der Waals surface area contributed by atoms with Crippen molar-refractivity contribution in [1.29, 1.82) is 0 Å². The number of thiophene rings is 1. The molecule has 180 valence electrons. The van der Waals surface area contributed by atoms with Crippen molar-refractivity contribution in [3.8, 4) is 0 Å². The lowest BCUT2D eigenvalue weighted by Crippen LogP contribution is -2.17. The van der Waals surface area contributed by atoms with E-state index in [0.717, 1.165) is 47.1 Å². The number of hydrogen-bond donors (Lipinski definition) is 3. The highest BCUT2D eigenvalue weighted by Crippen LogP contribution is 2.38. The number of nitrogens with one attached hydrogen (secondary N) is 2. The number of carboxylic acids is 1. The first kappa shape index (κ1) is 25.5. The third-order valence-corrected chi connectivity index (χ3v) is 7.30. The van der Waals surface area contributed by atoms with Crippen molar-refractivity contribution >= 4 is 57.5 Å². The van der Waals surface area contributed by atoms with Gasteiger partial charge in [0.05, 0.1) is 17.9 Å². The van der Waals surface area contributed by atoms with Gasteiger partial charge in [0.15, 0.2) is 0 Å². The van der Waals surface area contributed by atoms with Crippen molar-refractivity contribution in [1.82, 2.24) is 0 Å². The van der Waals surface area contributed by atoms with Crippen molar-refractivity contribution in [3.63, 3.8) is 0 Å². The van der Waals surface area contributed by atoms with Crippen LogP contribution >= 0.6 is 23.1 Å². The number of esters is 1.